The molecular formula is C16H22O2. The summed E-state index contributed by atoms with van der Waals surface area (Å²) in [5.74, 6) is 7.84. The molecule has 1 aromatic carbocycles. The second-order valence-corrected chi connectivity index (χ2v) is 4.18. The van der Waals surface area contributed by atoms with Crippen molar-refractivity contribution in [2.45, 2.75) is 39.0 Å². The first kappa shape index (κ1) is 14.4. The van der Waals surface area contributed by atoms with E-state index in [-0.39, 0.29) is 0 Å². The average Bonchev–Trinajstić information content (AvgIpc) is 2.42. The zero-order valence-electron chi connectivity index (χ0n) is 11.6. The second-order valence-electron chi connectivity index (χ2n) is 4.18. The fraction of sp³-hybridized carbons (Fsp3) is 0.500. The Kier molecular flexibility index (Phi) is 6.79. The van der Waals surface area contributed by atoms with Crippen LogP contribution in [-0.2, 0) is 0 Å². The van der Waals surface area contributed by atoms with E-state index in [4.69, 9.17) is 9.47 Å². The second kappa shape index (κ2) is 8.47. The largest absolute Gasteiger partial charge is 0.493 e. The molecule has 2 nitrogen and oxygen atoms in total. The van der Waals surface area contributed by atoms with Crippen LogP contribution in [0.2, 0.25) is 0 Å². The van der Waals surface area contributed by atoms with Crippen LogP contribution in [0.4, 0.5) is 0 Å². The molecule has 2 heteroatoms. The van der Waals surface area contributed by atoms with E-state index in [0.717, 1.165) is 23.5 Å². The molecule has 0 aliphatic rings. The fourth-order valence-electron chi connectivity index (χ4n) is 1.72. The lowest BCUT2D eigenvalue weighted by Gasteiger charge is -2.06. The standard InChI is InChI=1S/C16H22O2/c1-4-5-6-7-8-9-10-14-11-12-15(17-2)16(13-14)18-3/h11-13H,4-8H2,1-3H3. The van der Waals surface area contributed by atoms with Crippen molar-refractivity contribution in [1.29, 1.82) is 0 Å². The van der Waals surface area contributed by atoms with Crippen LogP contribution in [-0.4, -0.2) is 14.2 Å². The highest BCUT2D eigenvalue weighted by atomic mass is 16.5. The lowest BCUT2D eigenvalue weighted by Crippen LogP contribution is -1.90. The molecule has 1 rings (SSSR count). The fourth-order valence-corrected chi connectivity index (χ4v) is 1.72. The van der Waals surface area contributed by atoms with Crippen LogP contribution in [0.5, 0.6) is 11.5 Å². The van der Waals surface area contributed by atoms with Crippen molar-refractivity contribution in [3.8, 4) is 23.3 Å². The van der Waals surface area contributed by atoms with E-state index < -0.39 is 0 Å². The Morgan fingerprint density at radius 3 is 2.44 bits per heavy atom. The summed E-state index contributed by atoms with van der Waals surface area (Å²) in [6, 6.07) is 5.76. The highest BCUT2D eigenvalue weighted by Crippen LogP contribution is 2.27. The van der Waals surface area contributed by atoms with Gasteiger partial charge in [-0.3, -0.25) is 0 Å². The Labute approximate surface area is 110 Å². The van der Waals surface area contributed by atoms with Crippen LogP contribution in [0.15, 0.2) is 18.2 Å². The lowest BCUT2D eigenvalue weighted by molar-refractivity contribution is 0.355. The summed E-state index contributed by atoms with van der Waals surface area (Å²) in [5, 5.41) is 0. The van der Waals surface area contributed by atoms with Gasteiger partial charge in [0, 0.05) is 12.0 Å². The predicted octanol–water partition coefficient (Wildman–Crippen LogP) is 4.03. The summed E-state index contributed by atoms with van der Waals surface area (Å²) in [5.41, 5.74) is 0.975. The molecule has 18 heavy (non-hydrogen) atoms. The van der Waals surface area contributed by atoms with Gasteiger partial charge in [0.1, 0.15) is 0 Å². The summed E-state index contributed by atoms with van der Waals surface area (Å²) in [7, 11) is 3.27. The molecule has 98 valence electrons. The van der Waals surface area contributed by atoms with E-state index in [1.807, 2.05) is 18.2 Å². The Balaban J connectivity index is 2.54. The number of hydrogen-bond donors (Lipinski definition) is 0. The SMILES string of the molecule is CCCCCCC#Cc1ccc(OC)c(OC)c1. The first-order valence-electron chi connectivity index (χ1n) is 6.52. The number of hydrogen-bond acceptors (Lipinski definition) is 2. The number of rotatable bonds is 6. The van der Waals surface area contributed by atoms with Crippen LogP contribution in [0, 0.1) is 11.8 Å². The van der Waals surface area contributed by atoms with E-state index in [2.05, 4.69) is 18.8 Å². The minimum atomic E-state index is 0.732. The van der Waals surface area contributed by atoms with Crippen molar-refractivity contribution >= 4 is 0 Å². The molecule has 1 aromatic rings. The molecule has 0 atom stereocenters. The van der Waals surface area contributed by atoms with Crippen LogP contribution < -0.4 is 9.47 Å². The molecule has 0 unspecified atom stereocenters. The topological polar surface area (TPSA) is 18.5 Å². The van der Waals surface area contributed by atoms with Gasteiger partial charge in [-0.1, -0.05) is 38.0 Å². The Bertz CT molecular complexity index is 413. The van der Waals surface area contributed by atoms with Crippen LogP contribution in [0.1, 0.15) is 44.6 Å². The monoisotopic (exact) mass is 246 g/mol. The van der Waals surface area contributed by atoms with Gasteiger partial charge in [0.2, 0.25) is 0 Å². The van der Waals surface area contributed by atoms with E-state index in [1.165, 1.54) is 25.7 Å². The van der Waals surface area contributed by atoms with Gasteiger partial charge in [-0.25, -0.2) is 0 Å². The summed E-state index contributed by atoms with van der Waals surface area (Å²) in [4.78, 5) is 0. The maximum Gasteiger partial charge on any atom is 0.161 e. The zero-order valence-corrected chi connectivity index (χ0v) is 11.6. The van der Waals surface area contributed by atoms with Gasteiger partial charge in [0.25, 0.3) is 0 Å². The van der Waals surface area contributed by atoms with Gasteiger partial charge >= 0.3 is 0 Å². The lowest BCUT2D eigenvalue weighted by atomic mass is 10.1. The molecule has 0 amide bonds. The van der Waals surface area contributed by atoms with Crippen LogP contribution >= 0.6 is 0 Å². The molecule has 0 aromatic heterocycles. The predicted molar refractivity (Wildman–Crippen MR) is 75.2 cm³/mol. The molecule has 0 saturated heterocycles. The van der Waals surface area contributed by atoms with Crippen molar-refractivity contribution in [1.82, 2.24) is 0 Å². The highest BCUT2D eigenvalue weighted by Gasteiger charge is 2.02. The van der Waals surface area contributed by atoms with Crippen molar-refractivity contribution in [3.05, 3.63) is 23.8 Å². The van der Waals surface area contributed by atoms with Crippen molar-refractivity contribution in [2.24, 2.45) is 0 Å². The van der Waals surface area contributed by atoms with Crippen molar-refractivity contribution in [2.75, 3.05) is 14.2 Å². The third-order valence-corrected chi connectivity index (χ3v) is 2.77. The first-order chi connectivity index (χ1) is 8.81. The summed E-state index contributed by atoms with van der Waals surface area (Å²) in [6.07, 6.45) is 6.00. The Morgan fingerprint density at radius 2 is 1.78 bits per heavy atom. The quantitative estimate of drug-likeness (QED) is 0.557. The Hall–Kier alpha value is -1.62. The molecular weight excluding hydrogens is 224 g/mol. The van der Waals surface area contributed by atoms with E-state index >= 15 is 0 Å². The first-order valence-corrected chi connectivity index (χ1v) is 6.52. The van der Waals surface area contributed by atoms with Crippen molar-refractivity contribution < 1.29 is 9.47 Å². The van der Waals surface area contributed by atoms with Gasteiger partial charge in [-0.05, 0) is 24.6 Å². The number of ether oxygens (including phenoxy) is 2. The normalized spacial score (nSPS) is 9.50. The van der Waals surface area contributed by atoms with Gasteiger partial charge in [-0.2, -0.15) is 0 Å². The molecule has 0 fully saturated rings. The molecule has 0 heterocycles. The highest BCUT2D eigenvalue weighted by molar-refractivity contribution is 5.48. The van der Waals surface area contributed by atoms with Crippen LogP contribution in [0.25, 0.3) is 0 Å². The third kappa shape index (κ3) is 4.71. The average molecular weight is 246 g/mol. The smallest absolute Gasteiger partial charge is 0.161 e. The molecule has 0 bridgehead atoms. The summed E-state index contributed by atoms with van der Waals surface area (Å²) >= 11 is 0. The molecule has 0 saturated carbocycles. The molecule has 0 radical (unpaired) electrons. The molecule has 0 N–H and O–H groups in total. The molecule has 0 aliphatic carbocycles. The minimum Gasteiger partial charge on any atom is -0.493 e. The van der Waals surface area contributed by atoms with Gasteiger partial charge in [0.05, 0.1) is 14.2 Å². The van der Waals surface area contributed by atoms with Gasteiger partial charge in [0.15, 0.2) is 11.5 Å². The minimum absolute atomic E-state index is 0.732. The van der Waals surface area contributed by atoms with E-state index in [9.17, 15) is 0 Å². The van der Waals surface area contributed by atoms with Gasteiger partial charge in [-0.15, -0.1) is 0 Å². The third-order valence-electron chi connectivity index (χ3n) is 2.77. The number of unbranched alkanes of at least 4 members (excludes halogenated alkanes) is 4. The number of benzene rings is 1. The maximum absolute atomic E-state index is 5.24. The van der Waals surface area contributed by atoms with E-state index in [0.29, 0.717) is 0 Å². The van der Waals surface area contributed by atoms with Crippen molar-refractivity contribution in [3.63, 3.8) is 0 Å². The Morgan fingerprint density at radius 1 is 1.00 bits per heavy atom. The summed E-state index contributed by atoms with van der Waals surface area (Å²) < 4.78 is 10.4. The maximum atomic E-state index is 5.24. The van der Waals surface area contributed by atoms with Gasteiger partial charge < -0.3 is 9.47 Å². The summed E-state index contributed by atoms with van der Waals surface area (Å²) in [6.45, 7) is 2.22. The van der Waals surface area contributed by atoms with Crippen LogP contribution in [0.3, 0.4) is 0 Å². The van der Waals surface area contributed by atoms with E-state index in [1.54, 1.807) is 14.2 Å². The molecule has 0 spiro atoms. The molecule has 0 aliphatic heterocycles. The zero-order chi connectivity index (χ0) is 13.2. The number of methoxy groups -OCH3 is 2.